The molecule has 0 saturated heterocycles. The second-order valence-corrected chi connectivity index (χ2v) is 3.78. The Balaban J connectivity index is 3.26. The van der Waals surface area contributed by atoms with Crippen LogP contribution in [0.5, 0.6) is 0 Å². The van der Waals surface area contributed by atoms with Gasteiger partial charge in [0.15, 0.2) is 11.6 Å². The molecule has 0 aliphatic carbocycles. The predicted molar refractivity (Wildman–Crippen MR) is 48.1 cm³/mol. The largest absolute Gasteiger partial charge is 0.489 e. The van der Waals surface area contributed by atoms with Gasteiger partial charge in [-0.1, -0.05) is 6.07 Å². The fourth-order valence-corrected chi connectivity index (χ4v) is 1.68. The monoisotopic (exact) mass is 258 g/mol. The summed E-state index contributed by atoms with van der Waals surface area (Å²) in [6.45, 7) is 0. The molecule has 0 spiro atoms. The Labute approximate surface area is 91.2 Å². The summed E-state index contributed by atoms with van der Waals surface area (Å²) in [5.74, 6) is -3.25. The molecule has 0 amide bonds. The smallest absolute Gasteiger partial charge is 0.423 e. The topological polar surface area (TPSA) is 40.5 Å². The van der Waals surface area contributed by atoms with Crippen molar-refractivity contribution in [3.8, 4) is 0 Å². The lowest BCUT2D eigenvalue weighted by molar-refractivity contribution is -0.0329. The van der Waals surface area contributed by atoms with E-state index in [0.29, 0.717) is 12.1 Å². The Morgan fingerprint density at radius 3 is 2.12 bits per heavy atom. The molecular weight excluding hydrogens is 254 g/mol. The Morgan fingerprint density at radius 1 is 1.12 bits per heavy atom. The first kappa shape index (κ1) is 13.3. The molecule has 1 aromatic rings. The molecule has 0 aliphatic heterocycles. The van der Waals surface area contributed by atoms with Gasteiger partial charge in [-0.15, -0.1) is 0 Å². The highest BCUT2D eigenvalue weighted by Crippen LogP contribution is 2.37. The van der Waals surface area contributed by atoms with Crippen molar-refractivity contribution in [2.24, 2.45) is 0 Å². The van der Waals surface area contributed by atoms with E-state index in [1.54, 1.807) is 0 Å². The van der Waals surface area contributed by atoms with Gasteiger partial charge in [0.25, 0.3) is 0 Å². The maximum absolute atomic E-state index is 13.0. The minimum absolute atomic E-state index is 0.518. The fourth-order valence-electron chi connectivity index (χ4n) is 0.970. The lowest BCUT2D eigenvalue weighted by Gasteiger charge is -2.11. The molecule has 2 nitrogen and oxygen atoms in total. The van der Waals surface area contributed by atoms with E-state index in [4.69, 9.17) is 10.0 Å². The third-order valence-electron chi connectivity index (χ3n) is 1.58. The van der Waals surface area contributed by atoms with Crippen molar-refractivity contribution in [3.63, 3.8) is 0 Å². The highest BCUT2D eigenvalue weighted by molar-refractivity contribution is 8.00. The molecule has 9 heteroatoms. The molecule has 0 bridgehead atoms. The molecule has 0 aromatic heterocycles. The zero-order valence-corrected chi connectivity index (χ0v) is 8.24. The van der Waals surface area contributed by atoms with Crippen molar-refractivity contribution in [2.75, 3.05) is 0 Å². The lowest BCUT2D eigenvalue weighted by atomic mass is 9.80. The highest BCUT2D eigenvalue weighted by atomic mass is 32.2. The van der Waals surface area contributed by atoms with Gasteiger partial charge in [-0.25, -0.2) is 8.78 Å². The zero-order chi connectivity index (χ0) is 12.5. The van der Waals surface area contributed by atoms with Crippen LogP contribution in [0.15, 0.2) is 17.0 Å². The van der Waals surface area contributed by atoms with E-state index in [-0.39, 0.29) is 0 Å². The van der Waals surface area contributed by atoms with Gasteiger partial charge in [-0.2, -0.15) is 13.2 Å². The van der Waals surface area contributed by atoms with Crippen molar-refractivity contribution in [1.82, 2.24) is 0 Å². The number of alkyl halides is 3. The lowest BCUT2D eigenvalue weighted by Crippen LogP contribution is -2.33. The summed E-state index contributed by atoms with van der Waals surface area (Å²) >= 11 is -0.939. The summed E-state index contributed by atoms with van der Waals surface area (Å²) in [5, 5.41) is 17.4. The van der Waals surface area contributed by atoms with Gasteiger partial charge < -0.3 is 10.0 Å². The Morgan fingerprint density at radius 2 is 1.69 bits per heavy atom. The zero-order valence-electron chi connectivity index (χ0n) is 7.42. The van der Waals surface area contributed by atoms with Crippen molar-refractivity contribution >= 4 is 24.3 Å². The summed E-state index contributed by atoms with van der Waals surface area (Å²) in [7, 11) is -2.31. The summed E-state index contributed by atoms with van der Waals surface area (Å²) in [4.78, 5) is -1.18. The van der Waals surface area contributed by atoms with E-state index in [1.807, 2.05) is 0 Å². The standard InChI is InChI=1S/C7H4BF5O2S/c9-4-2-1-3(8(14)15)6(5(4)10)16-7(11,12)13/h1-2,14-15H. The summed E-state index contributed by atoms with van der Waals surface area (Å²) < 4.78 is 61.7. The number of rotatable bonds is 2. The molecule has 16 heavy (non-hydrogen) atoms. The molecule has 0 radical (unpaired) electrons. The number of benzene rings is 1. The summed E-state index contributed by atoms with van der Waals surface area (Å²) in [6.07, 6.45) is 0. The summed E-state index contributed by atoms with van der Waals surface area (Å²) in [6, 6.07) is 1.20. The first-order chi connectivity index (χ1) is 7.22. The third kappa shape index (κ3) is 3.10. The second kappa shape index (κ2) is 4.60. The Hall–Kier alpha value is -0.795. The van der Waals surface area contributed by atoms with Crippen LogP contribution in [0.1, 0.15) is 0 Å². The van der Waals surface area contributed by atoms with Crippen LogP contribution in [0.2, 0.25) is 0 Å². The van der Waals surface area contributed by atoms with Crippen molar-refractivity contribution < 1.29 is 32.0 Å². The van der Waals surface area contributed by atoms with Crippen LogP contribution in [0.25, 0.3) is 0 Å². The van der Waals surface area contributed by atoms with Gasteiger partial charge in [0.05, 0.1) is 4.90 Å². The first-order valence-electron chi connectivity index (χ1n) is 3.82. The Kier molecular flexibility index (Phi) is 3.82. The fraction of sp³-hybridized carbons (Fsp3) is 0.143. The normalized spacial score (nSPS) is 11.7. The van der Waals surface area contributed by atoms with E-state index in [9.17, 15) is 22.0 Å². The Bertz CT molecular complexity index is 395. The van der Waals surface area contributed by atoms with Crippen LogP contribution in [0, 0.1) is 11.6 Å². The average molecular weight is 258 g/mol. The predicted octanol–water partition coefficient (Wildman–Crippen LogP) is 1.26. The molecule has 0 heterocycles. The number of hydrogen-bond donors (Lipinski definition) is 2. The molecule has 1 rings (SSSR count). The first-order valence-corrected chi connectivity index (χ1v) is 4.64. The van der Waals surface area contributed by atoms with Gasteiger partial charge >= 0.3 is 12.6 Å². The SMILES string of the molecule is OB(O)c1ccc(F)c(F)c1SC(F)(F)F. The van der Waals surface area contributed by atoms with Crippen LogP contribution in [-0.2, 0) is 0 Å². The third-order valence-corrected chi connectivity index (χ3v) is 2.43. The average Bonchev–Trinajstić information content (AvgIpc) is 2.10. The van der Waals surface area contributed by atoms with Crippen LogP contribution < -0.4 is 5.46 Å². The minimum Gasteiger partial charge on any atom is -0.423 e. The molecule has 1 aromatic carbocycles. The number of hydrogen-bond acceptors (Lipinski definition) is 3. The molecule has 0 saturated carbocycles. The molecule has 0 fully saturated rings. The van der Waals surface area contributed by atoms with E-state index in [1.165, 1.54) is 0 Å². The van der Waals surface area contributed by atoms with E-state index < -0.39 is 46.4 Å². The molecule has 0 aliphatic rings. The molecule has 88 valence electrons. The summed E-state index contributed by atoms with van der Waals surface area (Å²) in [5.41, 5.74) is -5.58. The molecule has 2 N–H and O–H groups in total. The van der Waals surface area contributed by atoms with Crippen molar-refractivity contribution in [2.45, 2.75) is 10.4 Å². The van der Waals surface area contributed by atoms with Crippen molar-refractivity contribution in [1.29, 1.82) is 0 Å². The number of halogens is 5. The van der Waals surface area contributed by atoms with Gasteiger partial charge in [-0.05, 0) is 23.3 Å². The second-order valence-electron chi connectivity index (χ2n) is 2.70. The van der Waals surface area contributed by atoms with E-state index in [2.05, 4.69) is 0 Å². The highest BCUT2D eigenvalue weighted by Gasteiger charge is 2.34. The molecule has 0 atom stereocenters. The maximum atomic E-state index is 13.0. The van der Waals surface area contributed by atoms with Crippen molar-refractivity contribution in [3.05, 3.63) is 23.8 Å². The van der Waals surface area contributed by atoms with Gasteiger partial charge in [0.1, 0.15) is 0 Å². The number of thioether (sulfide) groups is 1. The minimum atomic E-state index is -4.85. The van der Waals surface area contributed by atoms with Crippen LogP contribution >= 0.6 is 11.8 Å². The van der Waals surface area contributed by atoms with Crippen LogP contribution in [0.3, 0.4) is 0 Å². The maximum Gasteiger partial charge on any atom is 0.489 e. The van der Waals surface area contributed by atoms with E-state index in [0.717, 1.165) is 0 Å². The van der Waals surface area contributed by atoms with Crippen LogP contribution in [0.4, 0.5) is 22.0 Å². The quantitative estimate of drug-likeness (QED) is 0.476. The van der Waals surface area contributed by atoms with E-state index >= 15 is 0 Å². The van der Waals surface area contributed by atoms with Crippen LogP contribution in [-0.4, -0.2) is 22.7 Å². The van der Waals surface area contributed by atoms with Gasteiger partial charge in [0.2, 0.25) is 0 Å². The van der Waals surface area contributed by atoms with Gasteiger partial charge in [-0.3, -0.25) is 0 Å². The molecular formula is C7H4BF5O2S. The molecule has 0 unspecified atom stereocenters. The van der Waals surface area contributed by atoms with Gasteiger partial charge in [0, 0.05) is 0 Å².